The van der Waals surface area contributed by atoms with Gasteiger partial charge in [0.05, 0.1) is 18.8 Å². The predicted octanol–water partition coefficient (Wildman–Crippen LogP) is 3.57. The SMILES string of the molecule is CC(C)NCC(OCC1CCCO1)c1cccc(Cl)c1. The third-order valence-corrected chi connectivity index (χ3v) is 3.67. The second-order valence-electron chi connectivity index (χ2n) is 5.57. The molecule has 0 spiro atoms. The van der Waals surface area contributed by atoms with Crippen molar-refractivity contribution in [2.24, 2.45) is 0 Å². The fourth-order valence-electron chi connectivity index (χ4n) is 2.32. The van der Waals surface area contributed by atoms with Gasteiger partial charge in [0.25, 0.3) is 0 Å². The second kappa shape index (κ2) is 7.99. The number of halogens is 1. The second-order valence-corrected chi connectivity index (χ2v) is 6.01. The Labute approximate surface area is 126 Å². The van der Waals surface area contributed by atoms with Gasteiger partial charge in [-0.05, 0) is 30.5 Å². The van der Waals surface area contributed by atoms with Gasteiger partial charge in [0.1, 0.15) is 0 Å². The Morgan fingerprint density at radius 2 is 2.30 bits per heavy atom. The van der Waals surface area contributed by atoms with E-state index in [1.165, 1.54) is 0 Å². The first-order valence-electron chi connectivity index (χ1n) is 7.37. The van der Waals surface area contributed by atoms with Crippen LogP contribution in [0.5, 0.6) is 0 Å². The predicted molar refractivity (Wildman–Crippen MR) is 82.3 cm³/mol. The Kier molecular flexibility index (Phi) is 6.30. The molecule has 20 heavy (non-hydrogen) atoms. The van der Waals surface area contributed by atoms with Crippen molar-refractivity contribution in [2.75, 3.05) is 19.8 Å². The van der Waals surface area contributed by atoms with Crippen molar-refractivity contribution >= 4 is 11.6 Å². The van der Waals surface area contributed by atoms with Gasteiger partial charge in [-0.3, -0.25) is 0 Å². The van der Waals surface area contributed by atoms with Gasteiger partial charge in [-0.25, -0.2) is 0 Å². The van der Waals surface area contributed by atoms with Gasteiger partial charge in [-0.2, -0.15) is 0 Å². The highest BCUT2D eigenvalue weighted by atomic mass is 35.5. The maximum atomic E-state index is 6.08. The van der Waals surface area contributed by atoms with Crippen LogP contribution in [0.4, 0.5) is 0 Å². The Hall–Kier alpha value is -0.610. The van der Waals surface area contributed by atoms with Crippen molar-refractivity contribution in [3.63, 3.8) is 0 Å². The van der Waals surface area contributed by atoms with E-state index in [0.717, 1.165) is 36.6 Å². The lowest BCUT2D eigenvalue weighted by Gasteiger charge is -2.22. The molecule has 0 amide bonds. The van der Waals surface area contributed by atoms with Gasteiger partial charge >= 0.3 is 0 Å². The smallest absolute Gasteiger partial charge is 0.0951 e. The van der Waals surface area contributed by atoms with Crippen molar-refractivity contribution in [1.29, 1.82) is 0 Å². The topological polar surface area (TPSA) is 30.5 Å². The maximum Gasteiger partial charge on any atom is 0.0951 e. The quantitative estimate of drug-likeness (QED) is 0.834. The lowest BCUT2D eigenvalue weighted by molar-refractivity contribution is -0.0214. The highest BCUT2D eigenvalue weighted by Gasteiger charge is 2.19. The molecule has 2 unspecified atom stereocenters. The maximum absolute atomic E-state index is 6.08. The number of hydrogen-bond acceptors (Lipinski definition) is 3. The first-order valence-corrected chi connectivity index (χ1v) is 7.75. The molecule has 0 aromatic heterocycles. The third-order valence-electron chi connectivity index (χ3n) is 3.44. The Morgan fingerprint density at radius 3 is 2.95 bits per heavy atom. The average Bonchev–Trinajstić information content (AvgIpc) is 2.91. The minimum Gasteiger partial charge on any atom is -0.376 e. The number of rotatable bonds is 7. The zero-order chi connectivity index (χ0) is 14.4. The van der Waals surface area contributed by atoms with Crippen molar-refractivity contribution in [3.05, 3.63) is 34.9 Å². The molecule has 0 bridgehead atoms. The molecular formula is C16H24ClNO2. The molecular weight excluding hydrogens is 274 g/mol. The summed E-state index contributed by atoms with van der Waals surface area (Å²) in [4.78, 5) is 0. The van der Waals surface area contributed by atoms with Gasteiger partial charge in [0, 0.05) is 24.2 Å². The van der Waals surface area contributed by atoms with Crippen molar-refractivity contribution in [2.45, 2.75) is 44.9 Å². The monoisotopic (exact) mass is 297 g/mol. The largest absolute Gasteiger partial charge is 0.376 e. The highest BCUT2D eigenvalue weighted by Crippen LogP contribution is 2.22. The summed E-state index contributed by atoms with van der Waals surface area (Å²) in [6, 6.07) is 8.33. The molecule has 0 saturated carbocycles. The van der Waals surface area contributed by atoms with Crippen LogP contribution in [0.2, 0.25) is 5.02 Å². The molecule has 2 rings (SSSR count). The van der Waals surface area contributed by atoms with E-state index in [-0.39, 0.29) is 12.2 Å². The van der Waals surface area contributed by atoms with Crippen LogP contribution < -0.4 is 5.32 Å². The molecule has 2 atom stereocenters. The number of nitrogens with one attached hydrogen (secondary N) is 1. The lowest BCUT2D eigenvalue weighted by atomic mass is 10.1. The summed E-state index contributed by atoms with van der Waals surface area (Å²) >= 11 is 6.08. The van der Waals surface area contributed by atoms with E-state index >= 15 is 0 Å². The minimum atomic E-state index is 0.0142. The van der Waals surface area contributed by atoms with Crippen LogP contribution >= 0.6 is 11.6 Å². The molecule has 1 heterocycles. The molecule has 3 nitrogen and oxygen atoms in total. The first kappa shape index (κ1) is 15.8. The molecule has 1 fully saturated rings. The number of ether oxygens (including phenoxy) is 2. The summed E-state index contributed by atoms with van der Waals surface area (Å²) in [5, 5.41) is 4.18. The van der Waals surface area contributed by atoms with Gasteiger partial charge in [0.2, 0.25) is 0 Å². The first-order chi connectivity index (χ1) is 9.65. The third kappa shape index (κ3) is 5.06. The van der Waals surface area contributed by atoms with Crippen molar-refractivity contribution in [1.82, 2.24) is 5.32 Å². The summed E-state index contributed by atoms with van der Waals surface area (Å²) in [6.45, 7) is 6.56. The number of hydrogen-bond donors (Lipinski definition) is 1. The molecule has 1 aliphatic heterocycles. The normalized spacial score (nSPS) is 20.5. The van der Waals surface area contributed by atoms with E-state index in [4.69, 9.17) is 21.1 Å². The van der Waals surface area contributed by atoms with Crippen LogP contribution in [0.25, 0.3) is 0 Å². The average molecular weight is 298 g/mol. The van der Waals surface area contributed by atoms with E-state index in [2.05, 4.69) is 25.2 Å². The van der Waals surface area contributed by atoms with Gasteiger partial charge < -0.3 is 14.8 Å². The molecule has 112 valence electrons. The van der Waals surface area contributed by atoms with Crippen LogP contribution in [0.15, 0.2) is 24.3 Å². The molecule has 0 aliphatic carbocycles. The van der Waals surface area contributed by atoms with E-state index in [1.807, 2.05) is 18.2 Å². The Morgan fingerprint density at radius 1 is 1.45 bits per heavy atom. The molecule has 1 aromatic rings. The summed E-state index contributed by atoms with van der Waals surface area (Å²) < 4.78 is 11.7. The van der Waals surface area contributed by atoms with Gasteiger partial charge in [0.15, 0.2) is 0 Å². The standard InChI is InChI=1S/C16H24ClNO2/c1-12(2)18-10-16(13-5-3-6-14(17)9-13)20-11-15-7-4-8-19-15/h3,5-6,9,12,15-16,18H,4,7-8,10-11H2,1-2H3. The fourth-order valence-corrected chi connectivity index (χ4v) is 2.52. The number of benzene rings is 1. The van der Waals surface area contributed by atoms with Crippen LogP contribution in [-0.4, -0.2) is 31.9 Å². The zero-order valence-corrected chi connectivity index (χ0v) is 13.0. The van der Waals surface area contributed by atoms with Crippen molar-refractivity contribution in [3.8, 4) is 0 Å². The lowest BCUT2D eigenvalue weighted by Crippen LogP contribution is -2.30. The summed E-state index contributed by atoms with van der Waals surface area (Å²) in [5.74, 6) is 0. The molecule has 1 aromatic carbocycles. The van der Waals surface area contributed by atoms with Crippen LogP contribution in [0.3, 0.4) is 0 Å². The zero-order valence-electron chi connectivity index (χ0n) is 12.3. The summed E-state index contributed by atoms with van der Waals surface area (Å²) in [6.07, 6.45) is 2.50. The summed E-state index contributed by atoms with van der Waals surface area (Å²) in [7, 11) is 0. The highest BCUT2D eigenvalue weighted by molar-refractivity contribution is 6.30. The van der Waals surface area contributed by atoms with Crippen molar-refractivity contribution < 1.29 is 9.47 Å². The molecule has 0 radical (unpaired) electrons. The fraction of sp³-hybridized carbons (Fsp3) is 0.625. The van der Waals surface area contributed by atoms with E-state index in [1.54, 1.807) is 0 Å². The Balaban J connectivity index is 1.95. The van der Waals surface area contributed by atoms with E-state index in [9.17, 15) is 0 Å². The van der Waals surface area contributed by atoms with Crippen LogP contribution in [0.1, 0.15) is 38.4 Å². The van der Waals surface area contributed by atoms with Gasteiger partial charge in [-0.15, -0.1) is 0 Å². The minimum absolute atomic E-state index is 0.0142. The van der Waals surface area contributed by atoms with E-state index < -0.39 is 0 Å². The van der Waals surface area contributed by atoms with Crippen LogP contribution in [0, 0.1) is 0 Å². The molecule has 4 heteroatoms. The molecule has 1 N–H and O–H groups in total. The molecule has 1 saturated heterocycles. The van der Waals surface area contributed by atoms with Crippen LogP contribution in [-0.2, 0) is 9.47 Å². The Bertz CT molecular complexity index is 405. The summed E-state index contributed by atoms with van der Waals surface area (Å²) in [5.41, 5.74) is 1.11. The van der Waals surface area contributed by atoms with Gasteiger partial charge in [-0.1, -0.05) is 37.6 Å². The van der Waals surface area contributed by atoms with E-state index in [0.29, 0.717) is 12.6 Å². The molecule has 1 aliphatic rings.